The number of rotatable bonds is 2. The highest BCUT2D eigenvalue weighted by atomic mass is 127. The Morgan fingerprint density at radius 2 is 2.00 bits per heavy atom. The number of hydrogen-bond donors (Lipinski definition) is 0. The summed E-state index contributed by atoms with van der Waals surface area (Å²) in [4.78, 5) is 17.3. The molecule has 2 heterocycles. The minimum Gasteiger partial charge on any atom is -0.268 e. The lowest BCUT2D eigenvalue weighted by molar-refractivity contribution is 1.05. The van der Waals surface area contributed by atoms with Crippen molar-refractivity contribution < 1.29 is 0 Å². The summed E-state index contributed by atoms with van der Waals surface area (Å²) in [6.07, 6.45) is 5.51. The second kappa shape index (κ2) is 5.67. The minimum atomic E-state index is -0.0346. The van der Waals surface area contributed by atoms with E-state index in [2.05, 4.69) is 4.98 Å². The molecule has 0 bridgehead atoms. The Bertz CT molecular complexity index is 852. The van der Waals surface area contributed by atoms with E-state index in [0.717, 1.165) is 5.56 Å². The molecule has 3 aromatic rings. The highest BCUT2D eigenvalue weighted by molar-refractivity contribution is 14.1. The lowest BCUT2D eigenvalue weighted by Crippen LogP contribution is -2.17. The maximum Gasteiger partial charge on any atom is 0.272 e. The molecule has 0 aliphatic carbocycles. The third-order valence-electron chi connectivity index (χ3n) is 2.74. The van der Waals surface area contributed by atoms with E-state index < -0.39 is 0 Å². The normalized spacial score (nSPS) is 11.5. The maximum atomic E-state index is 12.1. The summed E-state index contributed by atoms with van der Waals surface area (Å²) < 4.78 is 2.18. The van der Waals surface area contributed by atoms with Crippen molar-refractivity contribution in [2.75, 3.05) is 0 Å². The van der Waals surface area contributed by atoms with Crippen LogP contribution in [0.15, 0.2) is 40.6 Å². The van der Waals surface area contributed by atoms with Gasteiger partial charge in [0, 0.05) is 16.6 Å². The summed E-state index contributed by atoms with van der Waals surface area (Å²) in [6.45, 7) is 0. The molecule has 2 aromatic heterocycles. The number of aromatic nitrogens is 2. The Balaban J connectivity index is 2.04. The standard InChI is InChI=1S/C14H8ClIN2OS/c15-10-4-1-9(2-5-10)3-6-11-12(16)13(19)18-7-8-20-14(18)17-11/h1-8H/b6-3+. The van der Waals surface area contributed by atoms with Gasteiger partial charge in [0.1, 0.15) is 3.57 Å². The van der Waals surface area contributed by atoms with E-state index in [1.165, 1.54) is 11.3 Å². The topological polar surface area (TPSA) is 34.4 Å². The molecule has 20 heavy (non-hydrogen) atoms. The predicted octanol–water partition coefficient (Wildman–Crippen LogP) is 4.18. The van der Waals surface area contributed by atoms with Crippen LogP contribution in [-0.2, 0) is 0 Å². The molecule has 0 aliphatic rings. The molecular formula is C14H8ClIN2OS. The first-order valence-corrected chi connectivity index (χ1v) is 8.08. The van der Waals surface area contributed by atoms with Crippen LogP contribution in [0.2, 0.25) is 5.02 Å². The van der Waals surface area contributed by atoms with Crippen molar-refractivity contribution in [1.29, 1.82) is 0 Å². The molecule has 0 aliphatic heterocycles. The van der Waals surface area contributed by atoms with Gasteiger partial charge in [-0.3, -0.25) is 9.20 Å². The van der Waals surface area contributed by atoms with Crippen LogP contribution in [0.5, 0.6) is 0 Å². The summed E-state index contributed by atoms with van der Waals surface area (Å²) in [7, 11) is 0. The van der Waals surface area contributed by atoms with Crippen LogP contribution in [0.1, 0.15) is 11.3 Å². The van der Waals surface area contributed by atoms with Crippen molar-refractivity contribution in [2.24, 2.45) is 0 Å². The van der Waals surface area contributed by atoms with Gasteiger partial charge in [-0.05, 0) is 46.4 Å². The molecule has 3 rings (SSSR count). The Labute approximate surface area is 137 Å². The summed E-state index contributed by atoms with van der Waals surface area (Å²) in [6, 6.07) is 7.50. The summed E-state index contributed by atoms with van der Waals surface area (Å²) in [5, 5.41) is 2.56. The molecule has 0 radical (unpaired) electrons. The molecule has 0 fully saturated rings. The average molecular weight is 415 g/mol. The van der Waals surface area contributed by atoms with Gasteiger partial charge in [-0.1, -0.05) is 29.8 Å². The molecule has 0 unspecified atom stereocenters. The second-order valence-corrected chi connectivity index (χ2v) is 6.44. The molecule has 1 aromatic carbocycles. The maximum absolute atomic E-state index is 12.1. The molecule has 0 atom stereocenters. The highest BCUT2D eigenvalue weighted by Crippen LogP contribution is 2.15. The molecule has 0 amide bonds. The van der Waals surface area contributed by atoms with E-state index in [9.17, 15) is 4.79 Å². The molecule has 0 saturated heterocycles. The van der Waals surface area contributed by atoms with Crippen molar-refractivity contribution >= 4 is 62.6 Å². The summed E-state index contributed by atoms with van der Waals surface area (Å²) >= 11 is 9.33. The number of benzene rings is 1. The highest BCUT2D eigenvalue weighted by Gasteiger charge is 2.08. The molecule has 0 saturated carbocycles. The fourth-order valence-electron chi connectivity index (χ4n) is 1.73. The molecule has 100 valence electrons. The van der Waals surface area contributed by atoms with Gasteiger partial charge in [0.25, 0.3) is 5.56 Å². The quantitative estimate of drug-likeness (QED) is 0.590. The zero-order valence-electron chi connectivity index (χ0n) is 10.1. The zero-order valence-corrected chi connectivity index (χ0v) is 13.8. The Kier molecular flexibility index (Phi) is 3.91. The number of thiazole rings is 1. The molecular weight excluding hydrogens is 407 g/mol. The van der Waals surface area contributed by atoms with Gasteiger partial charge in [0.05, 0.1) is 5.69 Å². The van der Waals surface area contributed by atoms with Crippen LogP contribution in [0, 0.1) is 3.57 Å². The Hall–Kier alpha value is -1.18. The molecule has 6 heteroatoms. The first-order valence-electron chi connectivity index (χ1n) is 5.74. The van der Waals surface area contributed by atoms with Crippen molar-refractivity contribution in [2.45, 2.75) is 0 Å². The van der Waals surface area contributed by atoms with E-state index in [1.54, 1.807) is 10.6 Å². The van der Waals surface area contributed by atoms with Gasteiger partial charge in [-0.15, -0.1) is 11.3 Å². The fraction of sp³-hybridized carbons (Fsp3) is 0. The van der Waals surface area contributed by atoms with Gasteiger partial charge in [0.15, 0.2) is 4.96 Å². The molecule has 0 N–H and O–H groups in total. The predicted molar refractivity (Wildman–Crippen MR) is 92.4 cm³/mol. The van der Waals surface area contributed by atoms with Crippen molar-refractivity contribution in [1.82, 2.24) is 9.38 Å². The van der Waals surface area contributed by atoms with E-state index in [1.807, 2.05) is 64.4 Å². The van der Waals surface area contributed by atoms with Gasteiger partial charge in [-0.25, -0.2) is 4.98 Å². The van der Waals surface area contributed by atoms with Crippen LogP contribution in [0.25, 0.3) is 17.1 Å². The van der Waals surface area contributed by atoms with Gasteiger partial charge in [0.2, 0.25) is 0 Å². The van der Waals surface area contributed by atoms with E-state index in [4.69, 9.17) is 11.6 Å². The van der Waals surface area contributed by atoms with E-state index >= 15 is 0 Å². The summed E-state index contributed by atoms with van der Waals surface area (Å²) in [5.41, 5.74) is 1.67. The summed E-state index contributed by atoms with van der Waals surface area (Å²) in [5.74, 6) is 0. The average Bonchev–Trinajstić information content (AvgIpc) is 2.91. The molecule has 3 nitrogen and oxygen atoms in total. The third kappa shape index (κ3) is 2.65. The van der Waals surface area contributed by atoms with Crippen LogP contribution >= 0.6 is 45.5 Å². The van der Waals surface area contributed by atoms with Crippen molar-refractivity contribution in [3.05, 3.63) is 66.0 Å². The van der Waals surface area contributed by atoms with Crippen molar-refractivity contribution in [3.8, 4) is 0 Å². The lowest BCUT2D eigenvalue weighted by Gasteiger charge is -1.99. The lowest BCUT2D eigenvalue weighted by atomic mass is 10.2. The number of fused-ring (bicyclic) bond motifs is 1. The smallest absolute Gasteiger partial charge is 0.268 e. The zero-order chi connectivity index (χ0) is 14.1. The fourth-order valence-corrected chi connectivity index (χ4v) is 3.13. The second-order valence-electron chi connectivity index (χ2n) is 4.06. The van der Waals surface area contributed by atoms with Gasteiger partial charge < -0.3 is 0 Å². The molecule has 0 spiro atoms. The minimum absolute atomic E-state index is 0.0346. The van der Waals surface area contributed by atoms with Crippen LogP contribution in [0.3, 0.4) is 0 Å². The Morgan fingerprint density at radius 3 is 2.75 bits per heavy atom. The van der Waals surface area contributed by atoms with E-state index in [-0.39, 0.29) is 5.56 Å². The number of nitrogens with zero attached hydrogens (tertiary/aromatic N) is 2. The van der Waals surface area contributed by atoms with Crippen molar-refractivity contribution in [3.63, 3.8) is 0 Å². The monoisotopic (exact) mass is 414 g/mol. The first-order chi connectivity index (χ1) is 9.65. The van der Waals surface area contributed by atoms with Crippen LogP contribution in [0.4, 0.5) is 0 Å². The van der Waals surface area contributed by atoms with Crippen LogP contribution in [-0.4, -0.2) is 9.38 Å². The number of hydrogen-bond acceptors (Lipinski definition) is 3. The van der Waals surface area contributed by atoms with Crippen LogP contribution < -0.4 is 5.56 Å². The first kappa shape index (κ1) is 13.8. The Morgan fingerprint density at radius 1 is 1.25 bits per heavy atom. The number of halogens is 2. The SMILES string of the molecule is O=c1c(I)c(/C=C/c2ccc(Cl)cc2)nc2sccn12. The van der Waals surface area contributed by atoms with E-state index in [0.29, 0.717) is 19.2 Å². The van der Waals surface area contributed by atoms with Gasteiger partial charge >= 0.3 is 0 Å². The third-order valence-corrected chi connectivity index (χ3v) is 4.76. The van der Waals surface area contributed by atoms with Gasteiger partial charge in [-0.2, -0.15) is 0 Å². The largest absolute Gasteiger partial charge is 0.272 e.